The third-order valence-electron chi connectivity index (χ3n) is 7.82. The largest absolute Gasteiger partial charge is 0.298 e. The lowest BCUT2D eigenvalue weighted by atomic mass is 9.64. The summed E-state index contributed by atoms with van der Waals surface area (Å²) in [5, 5.41) is 12.0. The summed E-state index contributed by atoms with van der Waals surface area (Å²) in [6.45, 7) is 3.05. The van der Waals surface area contributed by atoms with Crippen LogP contribution < -0.4 is 4.65 Å². The highest BCUT2D eigenvalue weighted by atomic mass is 16.5. The second-order valence-corrected chi connectivity index (χ2v) is 9.00. The quantitative estimate of drug-likeness (QED) is 0.786. The molecule has 4 nitrogen and oxygen atoms in total. The van der Waals surface area contributed by atoms with Crippen molar-refractivity contribution in [1.29, 1.82) is 0 Å². The number of ketones is 1. The predicted molar refractivity (Wildman–Crippen MR) is 99.7 cm³/mol. The Kier molecular flexibility index (Phi) is 3.16. The fourth-order valence-electron chi connectivity index (χ4n) is 6.87. The standard InChI is InChI=1S/C22H27N2O2/c25-19-12-14-6-5-8-15-17(23-10-3-4-11-23)13-24(26)18-9-2-1-7-16(18)21(19)22(24)20(14)15/h1-2,7,9,14-15,17,21,26H,3-6,8,10-13H2/q+1. The highest BCUT2D eigenvalue weighted by Gasteiger charge is 2.63. The Balaban J connectivity index is 1.59. The summed E-state index contributed by atoms with van der Waals surface area (Å²) in [6, 6.07) is 8.57. The number of carbonyl (C=O) groups excluding carboxylic acids is 1. The van der Waals surface area contributed by atoms with Crippen molar-refractivity contribution in [1.82, 2.24) is 9.55 Å². The maximum Gasteiger partial charge on any atom is 0.174 e. The van der Waals surface area contributed by atoms with E-state index in [2.05, 4.69) is 11.0 Å². The molecule has 5 unspecified atom stereocenters. The first kappa shape index (κ1) is 15.6. The Bertz CT molecular complexity index is 825. The summed E-state index contributed by atoms with van der Waals surface area (Å²) in [4.78, 5) is 15.7. The molecule has 0 spiro atoms. The molecule has 4 heteroatoms. The first-order valence-electron chi connectivity index (χ1n) is 10.4. The maximum atomic E-state index is 13.1. The highest BCUT2D eigenvalue weighted by molar-refractivity contribution is 5.95. The zero-order chi connectivity index (χ0) is 17.5. The van der Waals surface area contributed by atoms with E-state index in [1.165, 1.54) is 44.3 Å². The molecule has 0 amide bonds. The van der Waals surface area contributed by atoms with Gasteiger partial charge in [-0.1, -0.05) is 24.6 Å². The Morgan fingerprint density at radius 2 is 1.88 bits per heavy atom. The van der Waals surface area contributed by atoms with E-state index in [1.807, 2.05) is 18.2 Å². The van der Waals surface area contributed by atoms with Crippen LogP contribution in [0.1, 0.15) is 50.0 Å². The molecule has 6 rings (SSSR count). The number of hydroxylamine groups is 2. The van der Waals surface area contributed by atoms with E-state index in [9.17, 15) is 10.0 Å². The molecule has 3 heterocycles. The van der Waals surface area contributed by atoms with E-state index in [1.54, 1.807) is 0 Å². The zero-order valence-electron chi connectivity index (χ0n) is 15.2. The summed E-state index contributed by atoms with van der Waals surface area (Å²) in [7, 11) is 0. The highest BCUT2D eigenvalue weighted by Crippen LogP contribution is 2.60. The topological polar surface area (TPSA) is 40.5 Å². The number of hydrogen-bond donors (Lipinski definition) is 1. The van der Waals surface area contributed by atoms with E-state index < -0.39 is 0 Å². The summed E-state index contributed by atoms with van der Waals surface area (Å²) in [6.07, 6.45) is 6.82. The van der Waals surface area contributed by atoms with Gasteiger partial charge in [0.25, 0.3) is 0 Å². The van der Waals surface area contributed by atoms with Crippen molar-refractivity contribution >= 4 is 11.5 Å². The molecule has 1 aromatic rings. The van der Waals surface area contributed by atoms with Gasteiger partial charge >= 0.3 is 0 Å². The smallest absolute Gasteiger partial charge is 0.174 e. The number of Topliss-reactive ketones (excluding diaryl/α,β-unsaturated/α-hetero) is 1. The maximum absolute atomic E-state index is 13.1. The normalized spacial score (nSPS) is 41.3. The van der Waals surface area contributed by atoms with Gasteiger partial charge in [0.15, 0.2) is 17.2 Å². The predicted octanol–water partition coefficient (Wildman–Crippen LogP) is 3.60. The van der Waals surface area contributed by atoms with Crippen LogP contribution in [0.25, 0.3) is 0 Å². The number of likely N-dealkylation sites (tertiary alicyclic amines) is 1. The van der Waals surface area contributed by atoms with Crippen LogP contribution in [-0.4, -0.2) is 41.6 Å². The molecule has 0 aromatic heterocycles. The molecular weight excluding hydrogens is 324 g/mol. The Labute approximate surface area is 154 Å². The lowest BCUT2D eigenvalue weighted by Gasteiger charge is -2.49. The van der Waals surface area contributed by atoms with Crippen LogP contribution in [0, 0.1) is 11.8 Å². The van der Waals surface area contributed by atoms with E-state index in [0.717, 1.165) is 29.9 Å². The molecule has 5 atom stereocenters. The van der Waals surface area contributed by atoms with Gasteiger partial charge in [0.1, 0.15) is 12.5 Å². The lowest BCUT2D eigenvalue weighted by Crippen LogP contribution is -2.61. The number of carbonyl (C=O) groups is 1. The fourth-order valence-corrected chi connectivity index (χ4v) is 6.87. The molecular formula is C22H27N2O2+. The molecule has 136 valence electrons. The molecule has 1 saturated carbocycles. The monoisotopic (exact) mass is 351 g/mol. The summed E-state index contributed by atoms with van der Waals surface area (Å²) < 4.78 is -0.0872. The molecule has 5 aliphatic rings. The number of hydrogen-bond acceptors (Lipinski definition) is 3. The van der Waals surface area contributed by atoms with Crippen LogP contribution >= 0.6 is 0 Å². The van der Waals surface area contributed by atoms with Crippen molar-refractivity contribution in [2.75, 3.05) is 19.6 Å². The number of rotatable bonds is 1. The van der Waals surface area contributed by atoms with Crippen LogP contribution in [0.5, 0.6) is 0 Å². The van der Waals surface area contributed by atoms with Crippen molar-refractivity contribution in [3.63, 3.8) is 0 Å². The average molecular weight is 351 g/mol. The van der Waals surface area contributed by atoms with Gasteiger partial charge in [-0.15, -0.1) is 4.65 Å². The number of allylic oxidation sites excluding steroid dienone is 1. The van der Waals surface area contributed by atoms with Gasteiger partial charge in [-0.25, -0.2) is 5.21 Å². The van der Waals surface area contributed by atoms with Crippen LogP contribution in [0.2, 0.25) is 0 Å². The summed E-state index contributed by atoms with van der Waals surface area (Å²) in [5.41, 5.74) is 4.56. The van der Waals surface area contributed by atoms with E-state index in [0.29, 0.717) is 30.1 Å². The van der Waals surface area contributed by atoms with Gasteiger partial charge in [0.2, 0.25) is 0 Å². The molecule has 26 heavy (non-hydrogen) atoms. The number of fused-ring (bicyclic) bond motifs is 3. The van der Waals surface area contributed by atoms with Crippen molar-refractivity contribution in [3.8, 4) is 0 Å². The fraction of sp³-hybridized carbons (Fsp3) is 0.591. The molecule has 0 bridgehead atoms. The minimum Gasteiger partial charge on any atom is -0.298 e. The molecule has 0 radical (unpaired) electrons. The average Bonchev–Trinajstić information content (AvgIpc) is 3.26. The molecule has 1 aromatic carbocycles. The molecule has 1 saturated heterocycles. The summed E-state index contributed by atoms with van der Waals surface area (Å²) >= 11 is 0. The number of benzene rings is 1. The van der Waals surface area contributed by atoms with Crippen molar-refractivity contribution in [3.05, 3.63) is 41.1 Å². The van der Waals surface area contributed by atoms with Crippen LogP contribution in [-0.2, 0) is 4.79 Å². The van der Waals surface area contributed by atoms with Crippen LogP contribution in [0.3, 0.4) is 0 Å². The van der Waals surface area contributed by atoms with E-state index in [4.69, 9.17) is 0 Å². The van der Waals surface area contributed by atoms with Crippen molar-refractivity contribution in [2.24, 2.45) is 11.8 Å². The minimum atomic E-state index is -0.192. The van der Waals surface area contributed by atoms with E-state index >= 15 is 0 Å². The van der Waals surface area contributed by atoms with Gasteiger partial charge in [0, 0.05) is 24.0 Å². The Morgan fingerprint density at radius 3 is 2.73 bits per heavy atom. The van der Waals surface area contributed by atoms with Gasteiger partial charge < -0.3 is 0 Å². The second kappa shape index (κ2) is 5.28. The SMILES string of the molecule is O=C1CC2CCCC3C2=C2C1c1ccccc1[N+]2(O)CC3N1CCCC1. The third kappa shape index (κ3) is 1.83. The van der Waals surface area contributed by atoms with E-state index in [-0.39, 0.29) is 10.6 Å². The number of nitrogens with zero attached hydrogens (tertiary/aromatic N) is 2. The van der Waals surface area contributed by atoms with Gasteiger partial charge in [0.05, 0.1) is 6.04 Å². The third-order valence-corrected chi connectivity index (χ3v) is 7.82. The lowest BCUT2D eigenvalue weighted by molar-refractivity contribution is -0.126. The van der Waals surface area contributed by atoms with Gasteiger partial charge in [-0.3, -0.25) is 9.69 Å². The molecule has 2 fully saturated rings. The van der Waals surface area contributed by atoms with Gasteiger partial charge in [-0.2, -0.15) is 0 Å². The van der Waals surface area contributed by atoms with Crippen molar-refractivity contribution in [2.45, 2.75) is 50.5 Å². The van der Waals surface area contributed by atoms with Crippen molar-refractivity contribution < 1.29 is 10.0 Å². The van der Waals surface area contributed by atoms with Crippen LogP contribution in [0.15, 0.2) is 35.5 Å². The zero-order valence-corrected chi connectivity index (χ0v) is 15.2. The first-order valence-corrected chi connectivity index (χ1v) is 10.4. The first-order chi connectivity index (χ1) is 12.7. The second-order valence-electron chi connectivity index (χ2n) is 9.00. The Hall–Kier alpha value is -1.49. The van der Waals surface area contributed by atoms with Crippen LogP contribution in [0.4, 0.5) is 5.69 Å². The summed E-state index contributed by atoms with van der Waals surface area (Å²) in [5.74, 6) is 1.06. The Morgan fingerprint density at radius 1 is 1.08 bits per heavy atom. The molecule has 3 aliphatic heterocycles. The number of para-hydroxylation sites is 1. The molecule has 1 N–H and O–H groups in total. The number of quaternary nitrogens is 1. The molecule has 2 aliphatic carbocycles. The van der Waals surface area contributed by atoms with Gasteiger partial charge in [-0.05, 0) is 50.3 Å². The minimum absolute atomic E-state index is 0.0872.